The van der Waals surface area contributed by atoms with Gasteiger partial charge in [0.25, 0.3) is 5.91 Å². The van der Waals surface area contributed by atoms with E-state index in [0.29, 0.717) is 18.0 Å². The lowest BCUT2D eigenvalue weighted by atomic mass is 9.96. The second-order valence-electron chi connectivity index (χ2n) is 7.77. The molecule has 2 fully saturated rings. The number of aromatic nitrogens is 1. The quantitative estimate of drug-likeness (QED) is 0.593. The zero-order valence-corrected chi connectivity index (χ0v) is 16.9. The van der Waals surface area contributed by atoms with Crippen molar-refractivity contribution in [2.24, 2.45) is 5.92 Å². The van der Waals surface area contributed by atoms with E-state index in [4.69, 9.17) is 4.74 Å². The molecule has 28 heavy (non-hydrogen) atoms. The highest BCUT2D eigenvalue weighted by Gasteiger charge is 2.37. The van der Waals surface area contributed by atoms with Crippen LogP contribution in [0.3, 0.4) is 0 Å². The van der Waals surface area contributed by atoms with E-state index in [-0.39, 0.29) is 30.3 Å². The Bertz CT molecular complexity index is 711. The first-order valence-corrected chi connectivity index (χ1v) is 10.2. The molecule has 1 aliphatic heterocycles. The Kier molecular flexibility index (Phi) is 6.85. The fourth-order valence-electron chi connectivity index (χ4n) is 4.01. The second kappa shape index (κ2) is 9.34. The number of carbonyl (C=O) groups is 2. The molecule has 0 spiro atoms. The van der Waals surface area contributed by atoms with Gasteiger partial charge in [-0.3, -0.25) is 15.2 Å². The number of nitrogens with one attached hydrogen (secondary N) is 4. The zero-order chi connectivity index (χ0) is 20.1. The van der Waals surface area contributed by atoms with Gasteiger partial charge < -0.3 is 15.4 Å². The van der Waals surface area contributed by atoms with Gasteiger partial charge in [-0.15, -0.1) is 0 Å². The van der Waals surface area contributed by atoms with Crippen molar-refractivity contribution < 1.29 is 14.3 Å². The molecule has 8 nitrogen and oxygen atoms in total. The van der Waals surface area contributed by atoms with Crippen molar-refractivity contribution in [3.05, 3.63) is 29.1 Å². The summed E-state index contributed by atoms with van der Waals surface area (Å²) >= 11 is 0. The maximum Gasteiger partial charge on any atom is 0.407 e. The summed E-state index contributed by atoms with van der Waals surface area (Å²) in [7, 11) is 0. The van der Waals surface area contributed by atoms with E-state index < -0.39 is 0 Å². The summed E-state index contributed by atoms with van der Waals surface area (Å²) in [5.41, 5.74) is 8.71. The van der Waals surface area contributed by atoms with E-state index >= 15 is 0 Å². The normalized spacial score (nSPS) is 26.8. The van der Waals surface area contributed by atoms with Crippen molar-refractivity contribution in [3.63, 3.8) is 0 Å². The third-order valence-corrected chi connectivity index (χ3v) is 5.49. The number of nitrogens with zero attached hydrogens (tertiary/aromatic N) is 1. The van der Waals surface area contributed by atoms with E-state index in [1.807, 2.05) is 32.9 Å². The number of alkyl carbamates (subject to hydrolysis) is 1. The minimum atomic E-state index is -0.322. The number of hydrazine groups is 1. The van der Waals surface area contributed by atoms with E-state index in [0.717, 1.165) is 43.5 Å². The molecule has 4 N–H and O–H groups in total. The van der Waals surface area contributed by atoms with Gasteiger partial charge in [-0.2, -0.15) is 0 Å². The fraction of sp³-hybridized carbons (Fsp3) is 0.650. The molecular formula is C20H31N5O3. The predicted octanol–water partition coefficient (Wildman–Crippen LogP) is 1.93. The van der Waals surface area contributed by atoms with Crippen LogP contribution in [0.15, 0.2) is 12.1 Å². The highest BCUT2D eigenvalue weighted by atomic mass is 16.6. The summed E-state index contributed by atoms with van der Waals surface area (Å²) in [5, 5.41) is 5.78. The van der Waals surface area contributed by atoms with E-state index in [1.165, 1.54) is 0 Å². The van der Waals surface area contributed by atoms with Crippen LogP contribution in [0, 0.1) is 19.8 Å². The largest absolute Gasteiger partial charge is 0.446 e. The lowest BCUT2D eigenvalue weighted by Gasteiger charge is -2.18. The number of ether oxygens (including phenoxy) is 1. The van der Waals surface area contributed by atoms with Crippen molar-refractivity contribution in [3.8, 4) is 0 Å². The van der Waals surface area contributed by atoms with Gasteiger partial charge in [0.2, 0.25) is 0 Å². The monoisotopic (exact) mass is 389 g/mol. The molecule has 0 radical (unpaired) electrons. The number of hydrogen-bond acceptors (Lipinski definition) is 6. The van der Waals surface area contributed by atoms with Gasteiger partial charge in [-0.1, -0.05) is 6.92 Å². The third-order valence-electron chi connectivity index (χ3n) is 5.49. The van der Waals surface area contributed by atoms with Crippen LogP contribution in [0.25, 0.3) is 0 Å². The Morgan fingerprint density at radius 1 is 1.21 bits per heavy atom. The number of aryl methyl sites for hydroxylation is 2. The molecular weight excluding hydrogens is 358 g/mol. The van der Waals surface area contributed by atoms with Crippen LogP contribution in [0.4, 0.5) is 4.79 Å². The first kappa shape index (κ1) is 20.5. The van der Waals surface area contributed by atoms with Gasteiger partial charge in [0.1, 0.15) is 6.10 Å². The fourth-order valence-corrected chi connectivity index (χ4v) is 4.01. The number of carbonyl (C=O) groups excluding carboxylic acids is 2. The van der Waals surface area contributed by atoms with Crippen LogP contribution in [0.5, 0.6) is 0 Å². The Morgan fingerprint density at radius 2 is 2.04 bits per heavy atom. The molecule has 2 unspecified atom stereocenters. The highest BCUT2D eigenvalue weighted by Crippen LogP contribution is 2.32. The minimum absolute atomic E-state index is 0.0291. The number of pyridine rings is 1. The number of rotatable bonds is 6. The maximum atomic E-state index is 12.5. The van der Waals surface area contributed by atoms with Crippen LogP contribution in [-0.4, -0.2) is 41.8 Å². The first-order valence-electron chi connectivity index (χ1n) is 10.2. The Hall–Kier alpha value is -2.19. The lowest BCUT2D eigenvalue weighted by molar-refractivity contribution is 0.0927. The maximum absolute atomic E-state index is 12.5. The minimum Gasteiger partial charge on any atom is -0.446 e. The summed E-state index contributed by atoms with van der Waals surface area (Å²) in [6, 6.07) is 3.91. The Labute approximate surface area is 166 Å². The average molecular weight is 390 g/mol. The number of amides is 2. The summed E-state index contributed by atoms with van der Waals surface area (Å²) in [6.07, 6.45) is 3.94. The van der Waals surface area contributed by atoms with Crippen molar-refractivity contribution in [2.75, 3.05) is 6.54 Å². The third kappa shape index (κ3) is 5.20. The summed E-state index contributed by atoms with van der Waals surface area (Å²) in [4.78, 5) is 28.6. The molecule has 2 amide bonds. The van der Waals surface area contributed by atoms with Crippen LogP contribution in [0.2, 0.25) is 0 Å². The van der Waals surface area contributed by atoms with Crippen LogP contribution in [0.1, 0.15) is 60.8 Å². The van der Waals surface area contributed by atoms with E-state index in [2.05, 4.69) is 26.5 Å². The molecule has 0 bridgehead atoms. The van der Waals surface area contributed by atoms with Gasteiger partial charge in [0.05, 0.1) is 17.4 Å². The standard InChI is InChI=1S/C20H31N5O3/c1-4-9-21-20(27)28-15-7-6-14(10-15)17-11-18(25-24-17)23-19(26)16-8-5-12(2)22-13(16)3/h5,8,14-15,17-18,24-25H,4,6-7,9-11H2,1-3H3,(H,21,27)(H,23,26)/t14-,15+,17?,18?/m0/s1. The summed E-state index contributed by atoms with van der Waals surface area (Å²) in [5.74, 6) is 0.298. The van der Waals surface area contributed by atoms with Gasteiger partial charge in [-0.25, -0.2) is 10.2 Å². The zero-order valence-electron chi connectivity index (χ0n) is 16.9. The SMILES string of the molecule is CCCNC(=O)O[C@@H]1CC[C@H](C2CC(NC(=O)c3ccc(C)nc3C)NN2)C1. The molecule has 2 heterocycles. The van der Waals surface area contributed by atoms with E-state index in [1.54, 1.807) is 0 Å². The molecule has 1 aliphatic carbocycles. The van der Waals surface area contributed by atoms with E-state index in [9.17, 15) is 9.59 Å². The topological polar surface area (TPSA) is 104 Å². The van der Waals surface area contributed by atoms with Crippen molar-refractivity contribution in [1.82, 2.24) is 26.5 Å². The Balaban J connectivity index is 1.45. The molecule has 3 rings (SSSR count). The van der Waals surface area contributed by atoms with Crippen molar-refractivity contribution in [2.45, 2.75) is 71.2 Å². The molecule has 4 atom stereocenters. The van der Waals surface area contributed by atoms with Crippen LogP contribution >= 0.6 is 0 Å². The molecule has 1 saturated heterocycles. The molecule has 0 aromatic carbocycles. The molecule has 1 saturated carbocycles. The Morgan fingerprint density at radius 3 is 2.79 bits per heavy atom. The van der Waals surface area contributed by atoms with Gasteiger partial charge in [0.15, 0.2) is 0 Å². The summed E-state index contributed by atoms with van der Waals surface area (Å²) in [6.45, 7) is 6.41. The molecule has 8 heteroatoms. The predicted molar refractivity (Wildman–Crippen MR) is 106 cm³/mol. The smallest absolute Gasteiger partial charge is 0.407 e. The van der Waals surface area contributed by atoms with Gasteiger partial charge >= 0.3 is 6.09 Å². The van der Waals surface area contributed by atoms with Crippen LogP contribution in [-0.2, 0) is 4.74 Å². The molecule has 1 aromatic heterocycles. The molecule has 1 aromatic rings. The first-order chi connectivity index (χ1) is 13.5. The van der Waals surface area contributed by atoms with Crippen LogP contribution < -0.4 is 21.5 Å². The molecule has 154 valence electrons. The van der Waals surface area contributed by atoms with Gasteiger partial charge in [-0.05, 0) is 64.0 Å². The van der Waals surface area contributed by atoms with Crippen molar-refractivity contribution in [1.29, 1.82) is 0 Å². The summed E-state index contributed by atoms with van der Waals surface area (Å²) < 4.78 is 5.50. The van der Waals surface area contributed by atoms with Gasteiger partial charge in [0, 0.05) is 18.3 Å². The number of hydrogen-bond donors (Lipinski definition) is 4. The average Bonchev–Trinajstić information content (AvgIpc) is 3.29. The second-order valence-corrected chi connectivity index (χ2v) is 7.77. The lowest BCUT2D eigenvalue weighted by Crippen LogP contribution is -2.44. The highest BCUT2D eigenvalue weighted by molar-refractivity contribution is 5.95. The molecule has 2 aliphatic rings. The van der Waals surface area contributed by atoms with Crippen molar-refractivity contribution >= 4 is 12.0 Å².